The first kappa shape index (κ1) is 16.9. The molecule has 0 bridgehead atoms. The Kier molecular flexibility index (Phi) is 3.89. The van der Waals surface area contributed by atoms with Crippen LogP contribution in [0.15, 0.2) is 23.8 Å². The van der Waals surface area contributed by atoms with Crippen LogP contribution in [0.4, 0.5) is 0 Å². The van der Waals surface area contributed by atoms with Gasteiger partial charge in [-0.25, -0.2) is 0 Å². The normalized spacial score (nSPS) is 47.1. The topological polar surface area (TPSA) is 57.5 Å². The molecule has 0 spiro atoms. The van der Waals surface area contributed by atoms with E-state index in [0.29, 0.717) is 19.3 Å². The fourth-order valence-electron chi connectivity index (χ4n) is 5.71. The molecule has 1 unspecified atom stereocenters. The molecule has 1 fully saturated rings. The Hall–Kier alpha value is -0.930. The van der Waals surface area contributed by atoms with Gasteiger partial charge in [0.2, 0.25) is 0 Å². The van der Waals surface area contributed by atoms with Gasteiger partial charge in [-0.2, -0.15) is 0 Å². The molecule has 3 aliphatic carbocycles. The Labute approximate surface area is 139 Å². The lowest BCUT2D eigenvalue weighted by Gasteiger charge is -2.57. The maximum atomic E-state index is 12.9. The van der Waals surface area contributed by atoms with Crippen molar-refractivity contribution < 1.29 is 15.0 Å². The molecule has 3 rings (SSSR count). The molecule has 0 radical (unpaired) electrons. The van der Waals surface area contributed by atoms with Crippen molar-refractivity contribution in [1.82, 2.24) is 0 Å². The zero-order chi connectivity index (χ0) is 17.0. The van der Waals surface area contributed by atoms with Gasteiger partial charge in [0.05, 0.1) is 6.10 Å². The number of rotatable bonds is 2. The summed E-state index contributed by atoms with van der Waals surface area (Å²) in [6.45, 7) is 10.4. The average Bonchev–Trinajstić information content (AvgIpc) is 2.49. The van der Waals surface area contributed by atoms with Crippen molar-refractivity contribution in [3.63, 3.8) is 0 Å². The summed E-state index contributed by atoms with van der Waals surface area (Å²) in [5.41, 5.74) is 1.25. The van der Waals surface area contributed by atoms with Gasteiger partial charge in [-0.3, -0.25) is 4.79 Å². The number of carbonyl (C=O) groups is 1. The number of ketones is 1. The summed E-state index contributed by atoms with van der Waals surface area (Å²) in [6, 6.07) is 0. The Morgan fingerprint density at radius 3 is 2.61 bits per heavy atom. The van der Waals surface area contributed by atoms with Crippen LogP contribution in [0.1, 0.15) is 59.3 Å². The molecule has 5 atom stereocenters. The monoisotopic (exact) mass is 318 g/mol. The third-order valence-electron chi connectivity index (χ3n) is 7.15. The van der Waals surface area contributed by atoms with E-state index in [1.165, 1.54) is 0 Å². The van der Waals surface area contributed by atoms with Gasteiger partial charge >= 0.3 is 0 Å². The predicted octanol–water partition coefficient (Wildman–Crippen LogP) is 3.41. The van der Waals surface area contributed by atoms with Crippen molar-refractivity contribution >= 4 is 5.78 Å². The number of fused-ring (bicyclic) bond motifs is 2. The molecule has 3 heteroatoms. The highest BCUT2D eigenvalue weighted by Crippen LogP contribution is 2.62. The quantitative estimate of drug-likeness (QED) is 0.767. The van der Waals surface area contributed by atoms with E-state index in [2.05, 4.69) is 27.4 Å². The van der Waals surface area contributed by atoms with Gasteiger partial charge in [-0.15, -0.1) is 6.58 Å². The van der Waals surface area contributed by atoms with E-state index in [4.69, 9.17) is 0 Å². The second-order valence-corrected chi connectivity index (χ2v) is 8.91. The minimum atomic E-state index is -0.570. The lowest BCUT2D eigenvalue weighted by Crippen LogP contribution is -2.54. The zero-order valence-corrected chi connectivity index (χ0v) is 14.7. The van der Waals surface area contributed by atoms with Crippen molar-refractivity contribution in [2.45, 2.75) is 65.4 Å². The van der Waals surface area contributed by atoms with E-state index in [0.717, 1.165) is 30.4 Å². The van der Waals surface area contributed by atoms with Gasteiger partial charge in [-0.1, -0.05) is 33.3 Å². The highest BCUT2D eigenvalue weighted by Gasteiger charge is 2.57. The van der Waals surface area contributed by atoms with Crippen molar-refractivity contribution in [2.24, 2.45) is 22.2 Å². The number of aliphatic hydroxyl groups excluding tert-OH is 2. The first-order valence-corrected chi connectivity index (χ1v) is 8.88. The molecular weight excluding hydrogens is 288 g/mol. The Morgan fingerprint density at radius 2 is 2.00 bits per heavy atom. The standard InChI is InChI=1S/C20H30O3/c1-5-18(2)10-13-14(22)9-16-19(3,12-21)7-6-8-20(16,4)17(13)15(23)11-18/h5,15-16,21,23H,1,6-12H2,2-4H3/t15-,16?,18+,19-,20-/m1/s1. The van der Waals surface area contributed by atoms with Crippen LogP contribution in [0.3, 0.4) is 0 Å². The first-order valence-electron chi connectivity index (χ1n) is 8.88. The molecule has 23 heavy (non-hydrogen) atoms. The van der Waals surface area contributed by atoms with E-state index < -0.39 is 6.10 Å². The fraction of sp³-hybridized carbons (Fsp3) is 0.750. The van der Waals surface area contributed by atoms with Crippen LogP contribution in [0.25, 0.3) is 0 Å². The van der Waals surface area contributed by atoms with Crippen LogP contribution in [0.5, 0.6) is 0 Å². The summed E-state index contributed by atoms with van der Waals surface area (Å²) < 4.78 is 0. The number of hydrogen-bond acceptors (Lipinski definition) is 3. The zero-order valence-electron chi connectivity index (χ0n) is 14.7. The van der Waals surface area contributed by atoms with Crippen molar-refractivity contribution in [1.29, 1.82) is 0 Å². The van der Waals surface area contributed by atoms with Gasteiger partial charge < -0.3 is 10.2 Å². The Bertz CT molecular complexity index is 577. The van der Waals surface area contributed by atoms with Gasteiger partial charge in [0, 0.05) is 13.0 Å². The minimum Gasteiger partial charge on any atom is -0.396 e. The summed E-state index contributed by atoms with van der Waals surface area (Å²) in [5, 5.41) is 20.9. The van der Waals surface area contributed by atoms with Crippen LogP contribution in [0, 0.1) is 22.2 Å². The van der Waals surface area contributed by atoms with Gasteiger partial charge in [0.1, 0.15) is 0 Å². The maximum absolute atomic E-state index is 12.9. The summed E-state index contributed by atoms with van der Waals surface area (Å²) in [4.78, 5) is 12.9. The number of allylic oxidation sites excluding steroid dienone is 2. The summed E-state index contributed by atoms with van der Waals surface area (Å²) in [5.74, 6) is 0.304. The lowest BCUT2D eigenvalue weighted by atomic mass is 9.47. The van der Waals surface area contributed by atoms with Crippen LogP contribution >= 0.6 is 0 Å². The lowest BCUT2D eigenvalue weighted by molar-refractivity contribution is -0.126. The molecule has 0 aromatic rings. The molecule has 2 N–H and O–H groups in total. The molecule has 0 heterocycles. The Morgan fingerprint density at radius 1 is 1.30 bits per heavy atom. The highest BCUT2D eigenvalue weighted by atomic mass is 16.3. The summed E-state index contributed by atoms with van der Waals surface area (Å²) in [7, 11) is 0. The van der Waals surface area contributed by atoms with E-state index in [1.807, 2.05) is 6.08 Å². The predicted molar refractivity (Wildman–Crippen MR) is 90.8 cm³/mol. The van der Waals surface area contributed by atoms with Crippen LogP contribution < -0.4 is 0 Å². The minimum absolute atomic E-state index is 0.115. The molecule has 3 aliphatic rings. The van der Waals surface area contributed by atoms with Crippen molar-refractivity contribution in [2.75, 3.05) is 6.61 Å². The van der Waals surface area contributed by atoms with Gasteiger partial charge in [0.25, 0.3) is 0 Å². The number of carbonyl (C=O) groups excluding carboxylic acids is 1. The van der Waals surface area contributed by atoms with Gasteiger partial charge in [-0.05, 0) is 59.0 Å². The largest absolute Gasteiger partial charge is 0.396 e. The van der Waals surface area contributed by atoms with Crippen LogP contribution in [-0.4, -0.2) is 28.7 Å². The van der Waals surface area contributed by atoms with E-state index in [1.54, 1.807) is 0 Å². The van der Waals surface area contributed by atoms with Crippen molar-refractivity contribution in [3.8, 4) is 0 Å². The average molecular weight is 318 g/mol. The van der Waals surface area contributed by atoms with Crippen molar-refractivity contribution in [3.05, 3.63) is 23.8 Å². The second kappa shape index (κ2) is 5.29. The molecular formula is C20H30O3. The van der Waals surface area contributed by atoms with E-state index in [-0.39, 0.29) is 34.6 Å². The number of hydrogen-bond donors (Lipinski definition) is 2. The third kappa shape index (κ3) is 2.35. The van der Waals surface area contributed by atoms with Crippen LogP contribution in [0.2, 0.25) is 0 Å². The molecule has 1 saturated carbocycles. The molecule has 0 aliphatic heterocycles. The van der Waals surface area contributed by atoms with E-state index in [9.17, 15) is 15.0 Å². The molecule has 0 aromatic carbocycles. The maximum Gasteiger partial charge on any atom is 0.159 e. The third-order valence-corrected chi connectivity index (χ3v) is 7.15. The number of Topliss-reactive ketones (excluding diaryl/α,β-unsaturated/α-hetero) is 1. The van der Waals surface area contributed by atoms with E-state index >= 15 is 0 Å². The molecule has 3 nitrogen and oxygen atoms in total. The van der Waals surface area contributed by atoms with Crippen LogP contribution in [-0.2, 0) is 4.79 Å². The SMILES string of the molecule is C=C[C@@]1(C)CC2=C([C@H](O)C1)[C@]1(C)CCC[C@](C)(CO)C1CC2=O. The number of aliphatic hydroxyl groups is 2. The second-order valence-electron chi connectivity index (χ2n) is 8.91. The highest BCUT2D eigenvalue weighted by molar-refractivity contribution is 5.98. The Balaban J connectivity index is 2.12. The summed E-state index contributed by atoms with van der Waals surface area (Å²) in [6.07, 6.45) is 6.16. The molecule has 128 valence electrons. The summed E-state index contributed by atoms with van der Waals surface area (Å²) >= 11 is 0. The smallest absolute Gasteiger partial charge is 0.159 e. The molecule has 0 aromatic heterocycles. The molecule has 0 saturated heterocycles. The molecule has 0 amide bonds. The fourth-order valence-corrected chi connectivity index (χ4v) is 5.71. The first-order chi connectivity index (χ1) is 10.7. The van der Waals surface area contributed by atoms with Gasteiger partial charge in [0.15, 0.2) is 5.78 Å².